The molecule has 1 fully saturated rings. The Kier molecular flexibility index (Phi) is 11.4. The summed E-state index contributed by atoms with van der Waals surface area (Å²) in [6.07, 6.45) is 4.37. The first-order valence-electron chi connectivity index (χ1n) is 24.4. The maximum Gasteiger partial charge on any atom is 0.147 e. The highest BCUT2D eigenvalue weighted by Crippen LogP contribution is 2.47. The van der Waals surface area contributed by atoms with Crippen molar-refractivity contribution in [2.24, 2.45) is 11.8 Å². The lowest BCUT2D eigenvalue weighted by atomic mass is 9.80. The Balaban J connectivity index is 0.890. The lowest BCUT2D eigenvalue weighted by Crippen LogP contribution is -2.30. The second-order valence-electron chi connectivity index (χ2n) is 19.3. The summed E-state index contributed by atoms with van der Waals surface area (Å²) in [6.45, 7) is 9.88. The minimum Gasteiger partial charge on any atom is -0.505 e. The number of phenols is 2. The Labute approximate surface area is 398 Å². The van der Waals surface area contributed by atoms with Crippen molar-refractivity contribution >= 4 is 43.6 Å². The van der Waals surface area contributed by atoms with E-state index in [1.807, 2.05) is 36.4 Å². The van der Waals surface area contributed by atoms with Crippen LogP contribution in [0.2, 0.25) is 0 Å². The average molecular weight is 895 g/mol. The minimum atomic E-state index is 0.228. The molecule has 2 N–H and O–H groups in total. The van der Waals surface area contributed by atoms with Gasteiger partial charge in [0.2, 0.25) is 0 Å². The highest BCUT2D eigenvalue weighted by molar-refractivity contribution is 6.10. The van der Waals surface area contributed by atoms with Crippen molar-refractivity contribution in [2.75, 3.05) is 13.2 Å². The van der Waals surface area contributed by atoms with Gasteiger partial charge in [-0.1, -0.05) is 150 Å². The minimum absolute atomic E-state index is 0.228. The molecule has 2 aromatic heterocycles. The Hall–Kier alpha value is -7.44. The molecule has 8 aromatic carbocycles. The molecule has 2 unspecified atom stereocenters. The van der Waals surface area contributed by atoms with Gasteiger partial charge in [-0.05, 0) is 108 Å². The Morgan fingerprint density at radius 2 is 0.750 bits per heavy atom. The van der Waals surface area contributed by atoms with E-state index in [1.54, 1.807) is 0 Å². The monoisotopic (exact) mass is 894 g/mol. The number of nitrogens with zero attached hydrogens (tertiary/aromatic N) is 2. The number of benzene rings is 8. The Bertz CT molecular complexity index is 3150. The summed E-state index contributed by atoms with van der Waals surface area (Å²) in [5.41, 5.74) is 11.3. The summed E-state index contributed by atoms with van der Waals surface area (Å²) < 4.78 is 18.2. The quantitative estimate of drug-likeness (QED) is 0.128. The molecule has 2 atom stereocenters. The van der Waals surface area contributed by atoms with Crippen LogP contribution in [-0.4, -0.2) is 32.6 Å². The Morgan fingerprint density at radius 3 is 1.10 bits per heavy atom. The van der Waals surface area contributed by atoms with E-state index in [2.05, 4.69) is 170 Å². The molecule has 0 aliphatic heterocycles. The second-order valence-corrected chi connectivity index (χ2v) is 19.3. The smallest absolute Gasteiger partial charge is 0.147 e. The largest absolute Gasteiger partial charge is 0.505 e. The van der Waals surface area contributed by atoms with E-state index in [4.69, 9.17) is 9.47 Å². The average Bonchev–Trinajstić information content (AvgIpc) is 3.88. The summed E-state index contributed by atoms with van der Waals surface area (Å²) in [6, 6.07) is 58.6. The number of para-hydroxylation sites is 6. The zero-order valence-electron chi connectivity index (χ0n) is 39.3. The normalized spacial score (nSPS) is 15.3. The first kappa shape index (κ1) is 43.1. The maximum absolute atomic E-state index is 12.4. The predicted molar refractivity (Wildman–Crippen MR) is 280 cm³/mol. The van der Waals surface area contributed by atoms with Gasteiger partial charge in [0.25, 0.3) is 0 Å². The predicted octanol–water partition coefficient (Wildman–Crippen LogP) is 16.1. The lowest BCUT2D eigenvalue weighted by molar-refractivity contribution is 0.105. The first-order valence-corrected chi connectivity index (χ1v) is 24.4. The third-order valence-corrected chi connectivity index (χ3v) is 14.5. The van der Waals surface area contributed by atoms with Crippen LogP contribution in [0.3, 0.4) is 0 Å². The van der Waals surface area contributed by atoms with Gasteiger partial charge in [-0.3, -0.25) is 0 Å². The van der Waals surface area contributed by atoms with Gasteiger partial charge in [-0.2, -0.15) is 0 Å². The van der Waals surface area contributed by atoms with Crippen LogP contribution in [-0.2, 0) is 0 Å². The zero-order valence-corrected chi connectivity index (χ0v) is 39.3. The number of rotatable bonds is 12. The van der Waals surface area contributed by atoms with Crippen LogP contribution in [0.1, 0.15) is 76.3 Å². The summed E-state index contributed by atoms with van der Waals surface area (Å²) >= 11 is 0. The molecule has 0 saturated heterocycles. The van der Waals surface area contributed by atoms with Crippen molar-refractivity contribution in [1.29, 1.82) is 0 Å². The fourth-order valence-corrected chi connectivity index (χ4v) is 10.8. The van der Waals surface area contributed by atoms with Gasteiger partial charge in [0.15, 0.2) is 0 Å². The fourth-order valence-electron chi connectivity index (χ4n) is 10.8. The van der Waals surface area contributed by atoms with Gasteiger partial charge in [0, 0.05) is 43.8 Å². The molecule has 2 heterocycles. The van der Waals surface area contributed by atoms with Crippen molar-refractivity contribution in [3.8, 4) is 56.6 Å². The Morgan fingerprint density at radius 1 is 0.426 bits per heavy atom. The van der Waals surface area contributed by atoms with E-state index in [-0.39, 0.29) is 35.2 Å². The molecule has 10 aromatic rings. The molecular formula is C62H58N2O4. The van der Waals surface area contributed by atoms with Crippen LogP contribution in [0.4, 0.5) is 0 Å². The van der Waals surface area contributed by atoms with Crippen LogP contribution in [0.15, 0.2) is 170 Å². The van der Waals surface area contributed by atoms with Gasteiger partial charge in [-0.25, -0.2) is 0 Å². The maximum atomic E-state index is 12.4. The summed E-state index contributed by atoms with van der Waals surface area (Å²) in [5, 5.41) is 29.4. The summed E-state index contributed by atoms with van der Waals surface area (Å²) in [4.78, 5) is 0. The number of aromatic nitrogens is 2. The van der Waals surface area contributed by atoms with Crippen LogP contribution in [0.25, 0.3) is 77.2 Å². The number of phenolic OH excluding ortho intramolecular Hbond substituents is 2. The van der Waals surface area contributed by atoms with Crippen molar-refractivity contribution < 1.29 is 19.7 Å². The van der Waals surface area contributed by atoms with Crippen molar-refractivity contribution in [3.63, 3.8) is 0 Å². The first-order chi connectivity index (χ1) is 33.2. The van der Waals surface area contributed by atoms with E-state index < -0.39 is 0 Å². The van der Waals surface area contributed by atoms with Crippen LogP contribution in [0, 0.1) is 11.8 Å². The van der Waals surface area contributed by atoms with Gasteiger partial charge in [0.05, 0.1) is 46.7 Å². The molecule has 0 spiro atoms. The van der Waals surface area contributed by atoms with Crippen LogP contribution >= 0.6 is 0 Å². The van der Waals surface area contributed by atoms with Crippen molar-refractivity contribution in [3.05, 3.63) is 181 Å². The molecule has 0 radical (unpaired) electrons. The van der Waals surface area contributed by atoms with Gasteiger partial charge in [0.1, 0.15) is 23.0 Å². The molecule has 0 amide bonds. The molecule has 340 valence electrons. The third kappa shape index (κ3) is 7.62. The van der Waals surface area contributed by atoms with E-state index in [0.717, 1.165) is 126 Å². The van der Waals surface area contributed by atoms with Gasteiger partial charge in [-0.15, -0.1) is 0 Å². The number of ether oxygens (including phenoxy) is 2. The highest BCUT2D eigenvalue weighted by Gasteiger charge is 2.29. The number of aromatic hydroxyl groups is 2. The second kappa shape index (κ2) is 18.0. The summed E-state index contributed by atoms with van der Waals surface area (Å²) in [7, 11) is 0. The number of fused-ring (bicyclic) bond motifs is 6. The van der Waals surface area contributed by atoms with E-state index >= 15 is 0 Å². The van der Waals surface area contributed by atoms with Crippen LogP contribution in [0.5, 0.6) is 23.0 Å². The standard InChI is InChI=1S/C62H58N2O4/c1-39(2)43-33-51(61(65)57(35-43)63-53-27-13-7-21-45(53)46-22-8-14-28-54(46)63)49-25-11-17-31-59(49)67-37-41-19-5-6-20-42(41)38-68-60-32-18-12-26-50(60)52-34-44(40(3)4)36-58(62(52)66)64-55-29-15-9-23-47(55)48-24-10-16-30-56(48)64/h7-18,21-36,39-42,65-66H,5-6,19-20,37-38H2,1-4H3. The molecule has 1 aliphatic rings. The molecule has 11 rings (SSSR count). The highest BCUT2D eigenvalue weighted by atomic mass is 16.5. The number of hydrogen-bond acceptors (Lipinski definition) is 4. The molecule has 1 aliphatic carbocycles. The molecule has 0 bridgehead atoms. The van der Waals surface area contributed by atoms with Gasteiger partial charge < -0.3 is 28.8 Å². The lowest BCUT2D eigenvalue weighted by Gasteiger charge is -2.32. The van der Waals surface area contributed by atoms with E-state index in [0.29, 0.717) is 13.2 Å². The van der Waals surface area contributed by atoms with E-state index in [1.165, 1.54) is 0 Å². The SMILES string of the molecule is CC(C)c1cc(-c2ccccc2OCC2CCCCC2COc2ccccc2-c2cc(C(C)C)cc(-n3c4ccccc4c4ccccc43)c2O)c(O)c(-n2c3ccccc3c3ccccc32)c1. The topological polar surface area (TPSA) is 68.8 Å². The fraction of sp³-hybridized carbons (Fsp3) is 0.226. The third-order valence-electron chi connectivity index (χ3n) is 14.5. The molecule has 6 nitrogen and oxygen atoms in total. The van der Waals surface area contributed by atoms with Crippen molar-refractivity contribution in [2.45, 2.75) is 65.2 Å². The molecule has 68 heavy (non-hydrogen) atoms. The molecular weight excluding hydrogens is 837 g/mol. The molecule has 1 saturated carbocycles. The van der Waals surface area contributed by atoms with Crippen molar-refractivity contribution in [1.82, 2.24) is 9.13 Å². The number of hydrogen-bond donors (Lipinski definition) is 2. The summed E-state index contributed by atoms with van der Waals surface area (Å²) in [5.74, 6) is 2.97. The van der Waals surface area contributed by atoms with Gasteiger partial charge >= 0.3 is 0 Å². The zero-order chi connectivity index (χ0) is 46.5. The van der Waals surface area contributed by atoms with Crippen LogP contribution < -0.4 is 9.47 Å². The molecule has 6 heteroatoms. The van der Waals surface area contributed by atoms with E-state index in [9.17, 15) is 10.2 Å².